The molecule has 1 aliphatic rings. The number of methoxy groups -OCH3 is 1. The lowest BCUT2D eigenvalue weighted by Crippen LogP contribution is -2.21. The Hall–Kier alpha value is -4.14. The van der Waals surface area contributed by atoms with Crippen LogP contribution in [0, 0.1) is 0 Å². The van der Waals surface area contributed by atoms with Gasteiger partial charge in [0.05, 0.1) is 13.7 Å². The molecule has 0 aliphatic heterocycles. The average Bonchev–Trinajstić information content (AvgIpc) is 3.01. The lowest BCUT2D eigenvalue weighted by atomic mass is 9.84. The molecule has 0 saturated heterocycles. The third kappa shape index (κ3) is 10.7. The second-order valence-corrected chi connectivity index (χ2v) is 10.4. The van der Waals surface area contributed by atoms with Crippen LogP contribution in [-0.2, 0) is 19.1 Å². The van der Waals surface area contributed by atoms with Crippen LogP contribution in [0.4, 0.5) is 0 Å². The first kappa shape index (κ1) is 34.1. The highest BCUT2D eigenvalue weighted by Crippen LogP contribution is 2.37. The van der Waals surface area contributed by atoms with Crippen molar-refractivity contribution in [3.8, 4) is 0 Å². The molecule has 0 aromatic heterocycles. The van der Waals surface area contributed by atoms with Crippen molar-refractivity contribution in [3.63, 3.8) is 0 Å². The molecule has 0 heterocycles. The highest BCUT2D eigenvalue weighted by atomic mass is 32.2. The summed E-state index contributed by atoms with van der Waals surface area (Å²) >= 11 is 3.28. The van der Waals surface area contributed by atoms with E-state index >= 15 is 0 Å². The van der Waals surface area contributed by atoms with E-state index in [9.17, 15) is 19.2 Å². The number of rotatable bonds is 4. The van der Waals surface area contributed by atoms with E-state index in [1.54, 1.807) is 49.0 Å². The fourth-order valence-electron chi connectivity index (χ4n) is 3.57. The molecule has 0 saturated carbocycles. The molecule has 5 rings (SSSR count). The van der Waals surface area contributed by atoms with Gasteiger partial charge in [0.25, 0.3) is 0 Å². The molecular formula is C34H34O6S2. The smallest absolute Gasteiger partial charge is 0.302 e. The molecule has 0 spiro atoms. The van der Waals surface area contributed by atoms with Crippen molar-refractivity contribution in [2.24, 2.45) is 0 Å². The van der Waals surface area contributed by atoms with E-state index in [4.69, 9.17) is 0 Å². The highest BCUT2D eigenvalue weighted by molar-refractivity contribution is 7.99. The predicted octanol–water partition coefficient (Wildman–Crippen LogP) is 7.77. The molecule has 0 N–H and O–H groups in total. The fraction of sp³-hybridized carbons (Fsp3) is 0.176. The summed E-state index contributed by atoms with van der Waals surface area (Å²) in [4.78, 5) is 48.2. The summed E-state index contributed by atoms with van der Waals surface area (Å²) in [5.41, 5.74) is 2.00. The standard InChI is InChI=1S/C20H12O2S.C7H8S.C4H8O2.C3H6O2/c21-19-14-9-4-5-10-15(14)20(22)18-16(19)11-6-12-17(18)23-13-7-2-1-3-8-13;1-8-7-5-3-2-4-6-7;1-3-6-4(2)5;1-3(4)5-2/h1-12H;2-6H,1H3;3H2,1-2H3;1-2H3. The number of hydrogen-bond acceptors (Lipinski definition) is 8. The topological polar surface area (TPSA) is 86.7 Å². The molecule has 8 heteroatoms. The summed E-state index contributed by atoms with van der Waals surface area (Å²) < 4.78 is 8.51. The number of benzene rings is 4. The first-order valence-corrected chi connectivity index (χ1v) is 15.1. The number of carbonyl (C=O) groups is 4. The lowest BCUT2D eigenvalue weighted by Gasteiger charge is -2.19. The Morgan fingerprint density at radius 1 is 0.643 bits per heavy atom. The van der Waals surface area contributed by atoms with Gasteiger partial charge in [-0.05, 0) is 43.5 Å². The molecular weight excluding hydrogens is 569 g/mol. The first-order chi connectivity index (χ1) is 20.2. The molecule has 0 atom stereocenters. The second kappa shape index (κ2) is 18.3. The molecule has 0 bridgehead atoms. The predicted molar refractivity (Wildman–Crippen MR) is 169 cm³/mol. The van der Waals surface area contributed by atoms with E-state index in [2.05, 4.69) is 27.9 Å². The minimum atomic E-state index is -0.245. The Morgan fingerprint density at radius 3 is 1.55 bits per heavy atom. The molecule has 0 amide bonds. The Morgan fingerprint density at radius 2 is 1.12 bits per heavy atom. The number of esters is 2. The normalized spacial score (nSPS) is 10.6. The highest BCUT2D eigenvalue weighted by Gasteiger charge is 2.31. The Labute approximate surface area is 255 Å². The molecule has 0 radical (unpaired) electrons. The van der Waals surface area contributed by atoms with Crippen LogP contribution in [0.15, 0.2) is 118 Å². The van der Waals surface area contributed by atoms with Crippen LogP contribution < -0.4 is 0 Å². The number of ether oxygens (including phenoxy) is 2. The van der Waals surface area contributed by atoms with Gasteiger partial charge in [-0.15, -0.1) is 11.8 Å². The van der Waals surface area contributed by atoms with E-state index in [1.807, 2.05) is 60.7 Å². The van der Waals surface area contributed by atoms with Crippen LogP contribution in [0.1, 0.15) is 52.6 Å². The summed E-state index contributed by atoms with van der Waals surface area (Å²) in [7, 11) is 1.35. The number of thioether (sulfide) groups is 1. The Kier molecular flexibility index (Phi) is 14.9. The minimum absolute atomic E-state index is 0.0748. The maximum atomic E-state index is 12.9. The van der Waals surface area contributed by atoms with Gasteiger partial charge in [0.2, 0.25) is 0 Å². The largest absolute Gasteiger partial charge is 0.469 e. The number of fused-ring (bicyclic) bond motifs is 2. The number of carbonyl (C=O) groups excluding carboxylic acids is 4. The quantitative estimate of drug-likeness (QED) is 0.152. The van der Waals surface area contributed by atoms with Crippen LogP contribution in [0.5, 0.6) is 0 Å². The second-order valence-electron chi connectivity index (χ2n) is 8.44. The third-order valence-corrected chi connectivity index (χ3v) is 7.31. The van der Waals surface area contributed by atoms with Gasteiger partial charge in [-0.2, -0.15) is 0 Å². The molecule has 1 aliphatic carbocycles. The minimum Gasteiger partial charge on any atom is -0.469 e. The van der Waals surface area contributed by atoms with Gasteiger partial charge in [0.1, 0.15) is 0 Å². The maximum absolute atomic E-state index is 12.9. The van der Waals surface area contributed by atoms with E-state index in [0.29, 0.717) is 28.9 Å². The van der Waals surface area contributed by atoms with Crippen molar-refractivity contribution in [1.82, 2.24) is 0 Å². The van der Waals surface area contributed by atoms with Crippen LogP contribution >= 0.6 is 23.5 Å². The van der Waals surface area contributed by atoms with E-state index in [-0.39, 0.29) is 23.5 Å². The zero-order chi connectivity index (χ0) is 30.9. The van der Waals surface area contributed by atoms with Crippen LogP contribution in [-0.4, -0.2) is 43.5 Å². The monoisotopic (exact) mass is 602 g/mol. The van der Waals surface area contributed by atoms with Gasteiger partial charge in [-0.25, -0.2) is 0 Å². The fourth-order valence-corrected chi connectivity index (χ4v) is 5.00. The molecule has 218 valence electrons. The summed E-state index contributed by atoms with van der Waals surface area (Å²) in [6, 6.07) is 32.7. The van der Waals surface area contributed by atoms with Gasteiger partial charge in [-0.3, -0.25) is 19.2 Å². The van der Waals surface area contributed by atoms with Crippen molar-refractivity contribution < 1.29 is 28.7 Å². The molecule has 4 aromatic rings. The van der Waals surface area contributed by atoms with Gasteiger partial charge in [-0.1, -0.05) is 84.6 Å². The summed E-state index contributed by atoms with van der Waals surface area (Å²) in [6.07, 6.45) is 2.08. The first-order valence-electron chi connectivity index (χ1n) is 13.0. The Balaban J connectivity index is 0.000000265. The van der Waals surface area contributed by atoms with E-state index in [1.165, 1.54) is 37.6 Å². The summed E-state index contributed by atoms with van der Waals surface area (Å²) in [5.74, 6) is -0.609. The summed E-state index contributed by atoms with van der Waals surface area (Å²) in [5, 5.41) is 0. The molecule has 4 aromatic carbocycles. The molecule has 0 unspecified atom stereocenters. The van der Waals surface area contributed by atoms with Crippen molar-refractivity contribution >= 4 is 47.0 Å². The van der Waals surface area contributed by atoms with Crippen molar-refractivity contribution in [3.05, 3.63) is 125 Å². The van der Waals surface area contributed by atoms with Gasteiger partial charge in [0, 0.05) is 50.8 Å². The lowest BCUT2D eigenvalue weighted by molar-refractivity contribution is -0.140. The summed E-state index contributed by atoms with van der Waals surface area (Å²) in [6.45, 7) is 5.01. The van der Waals surface area contributed by atoms with Crippen molar-refractivity contribution in [2.75, 3.05) is 20.0 Å². The van der Waals surface area contributed by atoms with Crippen molar-refractivity contribution in [1.29, 1.82) is 0 Å². The SMILES string of the molecule is CCOC(C)=O.COC(C)=O.CSc1ccccc1.O=C1c2ccccc2C(=O)c2c(Sc3ccccc3)cccc21. The Bertz CT molecular complexity index is 1470. The third-order valence-electron chi connectivity index (χ3n) is 5.50. The van der Waals surface area contributed by atoms with Crippen LogP contribution in [0.25, 0.3) is 0 Å². The van der Waals surface area contributed by atoms with Crippen LogP contribution in [0.2, 0.25) is 0 Å². The van der Waals surface area contributed by atoms with Gasteiger partial charge in [0.15, 0.2) is 11.6 Å². The van der Waals surface area contributed by atoms with Crippen molar-refractivity contribution in [2.45, 2.75) is 35.5 Å². The van der Waals surface area contributed by atoms with Crippen LogP contribution in [0.3, 0.4) is 0 Å². The van der Waals surface area contributed by atoms with E-state index < -0.39 is 0 Å². The van der Waals surface area contributed by atoms with E-state index in [0.717, 1.165) is 9.79 Å². The van der Waals surface area contributed by atoms with Gasteiger partial charge < -0.3 is 9.47 Å². The zero-order valence-corrected chi connectivity index (χ0v) is 25.9. The van der Waals surface area contributed by atoms with Gasteiger partial charge >= 0.3 is 11.9 Å². The number of hydrogen-bond donors (Lipinski definition) is 0. The molecule has 6 nitrogen and oxygen atoms in total. The number of ketones is 2. The molecule has 42 heavy (non-hydrogen) atoms. The molecule has 0 fully saturated rings. The zero-order valence-electron chi connectivity index (χ0n) is 24.3. The maximum Gasteiger partial charge on any atom is 0.302 e. The average molecular weight is 603 g/mol.